The minimum Gasteiger partial charge on any atom is -0.497 e. The number of carbonyl (C=O) groups excluding carboxylic acids is 4. The van der Waals surface area contributed by atoms with Gasteiger partial charge in [0.15, 0.2) is 6.61 Å². The number of hydrogen-bond acceptors (Lipinski definition) is 6. The van der Waals surface area contributed by atoms with E-state index in [1.807, 2.05) is 32.0 Å². The first-order chi connectivity index (χ1) is 18.6. The number of halogens is 2. The van der Waals surface area contributed by atoms with Crippen molar-refractivity contribution in [1.82, 2.24) is 5.32 Å². The van der Waals surface area contributed by atoms with E-state index in [4.69, 9.17) is 9.47 Å². The molecule has 0 radical (unpaired) electrons. The Bertz CT molecular complexity index is 1520. The summed E-state index contributed by atoms with van der Waals surface area (Å²) in [7, 11) is 1.50. The molecule has 0 aliphatic carbocycles. The zero-order valence-corrected chi connectivity index (χ0v) is 24.3. The van der Waals surface area contributed by atoms with Crippen LogP contribution in [-0.4, -0.2) is 37.5 Å². The number of amides is 5. The smallest absolute Gasteiger partial charge is 0.335 e. The maximum absolute atomic E-state index is 13.3. The first kappa shape index (κ1) is 28.1. The SMILES string of the molecule is COc1ccc(N2C(=O)NC(=O)/C(=C\c3cc(Br)cc(Br)c3OCC(=O)Nc3ccc(C)cc3C)C2=O)cc1. The largest absolute Gasteiger partial charge is 0.497 e. The normalized spacial score (nSPS) is 14.3. The molecule has 3 aromatic carbocycles. The molecule has 200 valence electrons. The van der Waals surface area contributed by atoms with Crippen LogP contribution in [0.25, 0.3) is 6.08 Å². The first-order valence-electron chi connectivity index (χ1n) is 11.6. The second-order valence-electron chi connectivity index (χ2n) is 8.62. The molecule has 0 aromatic heterocycles. The number of imide groups is 2. The average Bonchev–Trinajstić information content (AvgIpc) is 2.88. The zero-order chi connectivity index (χ0) is 28.3. The monoisotopic (exact) mass is 655 g/mol. The molecule has 0 unspecified atom stereocenters. The lowest BCUT2D eigenvalue weighted by Crippen LogP contribution is -2.54. The Morgan fingerprint density at radius 3 is 2.41 bits per heavy atom. The standard InChI is InChI=1S/C28H23Br2N3O6/c1-15-4-9-23(16(2)10-15)31-24(34)14-39-25-17(11-18(29)13-22(25)30)12-21-26(35)32-28(37)33(27(21)36)19-5-7-20(38-3)8-6-19/h4-13H,14H2,1-3H3,(H,31,34)(H,32,35,37)/b21-12+. The third-order valence-corrected chi connectivity index (χ3v) is 6.82. The van der Waals surface area contributed by atoms with Crippen molar-refractivity contribution < 1.29 is 28.7 Å². The number of ether oxygens (including phenoxy) is 2. The van der Waals surface area contributed by atoms with Crippen molar-refractivity contribution in [2.75, 3.05) is 23.9 Å². The van der Waals surface area contributed by atoms with Crippen molar-refractivity contribution >= 4 is 73.1 Å². The number of methoxy groups -OCH3 is 1. The number of hydrogen-bond donors (Lipinski definition) is 2. The van der Waals surface area contributed by atoms with Gasteiger partial charge in [0, 0.05) is 15.7 Å². The molecule has 0 atom stereocenters. The van der Waals surface area contributed by atoms with Crippen molar-refractivity contribution in [3.63, 3.8) is 0 Å². The van der Waals surface area contributed by atoms with Gasteiger partial charge in [0.2, 0.25) is 0 Å². The molecule has 39 heavy (non-hydrogen) atoms. The molecule has 3 aromatic rings. The van der Waals surface area contributed by atoms with Crippen LogP contribution in [0.15, 0.2) is 69.1 Å². The highest BCUT2D eigenvalue weighted by molar-refractivity contribution is 9.11. The molecule has 1 aliphatic rings. The van der Waals surface area contributed by atoms with Crippen LogP contribution in [0.2, 0.25) is 0 Å². The fourth-order valence-corrected chi connectivity index (χ4v) is 5.27. The Labute approximate surface area is 241 Å². The van der Waals surface area contributed by atoms with Gasteiger partial charge in [-0.25, -0.2) is 9.69 Å². The zero-order valence-electron chi connectivity index (χ0n) is 21.1. The van der Waals surface area contributed by atoms with E-state index < -0.39 is 23.8 Å². The molecule has 0 bridgehead atoms. The first-order valence-corrected chi connectivity index (χ1v) is 13.2. The highest BCUT2D eigenvalue weighted by atomic mass is 79.9. The van der Waals surface area contributed by atoms with E-state index in [0.29, 0.717) is 25.9 Å². The van der Waals surface area contributed by atoms with Gasteiger partial charge in [0.25, 0.3) is 17.7 Å². The second kappa shape index (κ2) is 11.8. The summed E-state index contributed by atoms with van der Waals surface area (Å²) in [4.78, 5) is 52.1. The number of nitrogens with one attached hydrogen (secondary N) is 2. The van der Waals surface area contributed by atoms with Gasteiger partial charge in [-0.3, -0.25) is 19.7 Å². The number of carbonyl (C=O) groups is 4. The maximum atomic E-state index is 13.3. The molecule has 1 saturated heterocycles. The number of rotatable bonds is 7. The predicted octanol–water partition coefficient (Wildman–Crippen LogP) is 5.52. The number of nitrogens with zero attached hydrogens (tertiary/aromatic N) is 1. The van der Waals surface area contributed by atoms with Crippen molar-refractivity contribution in [3.8, 4) is 11.5 Å². The molecule has 9 nitrogen and oxygen atoms in total. The van der Waals surface area contributed by atoms with Gasteiger partial charge >= 0.3 is 6.03 Å². The van der Waals surface area contributed by atoms with Crippen LogP contribution < -0.4 is 25.0 Å². The molecule has 11 heteroatoms. The highest BCUT2D eigenvalue weighted by Gasteiger charge is 2.37. The quantitative estimate of drug-likeness (QED) is 0.256. The fourth-order valence-electron chi connectivity index (χ4n) is 3.90. The Balaban J connectivity index is 1.61. The van der Waals surface area contributed by atoms with E-state index in [-0.39, 0.29) is 23.6 Å². The van der Waals surface area contributed by atoms with Gasteiger partial charge in [-0.15, -0.1) is 0 Å². The van der Waals surface area contributed by atoms with E-state index in [1.54, 1.807) is 24.3 Å². The van der Waals surface area contributed by atoms with Gasteiger partial charge in [0.05, 0.1) is 17.3 Å². The number of anilines is 2. The van der Waals surface area contributed by atoms with Crippen LogP contribution in [-0.2, 0) is 14.4 Å². The lowest BCUT2D eigenvalue weighted by atomic mass is 10.1. The fraction of sp³-hybridized carbons (Fsp3) is 0.143. The summed E-state index contributed by atoms with van der Waals surface area (Å²) in [5.74, 6) is -1.29. The lowest BCUT2D eigenvalue weighted by Gasteiger charge is -2.26. The summed E-state index contributed by atoms with van der Waals surface area (Å²) >= 11 is 6.82. The third-order valence-electron chi connectivity index (χ3n) is 5.77. The second-order valence-corrected chi connectivity index (χ2v) is 10.4. The third kappa shape index (κ3) is 6.37. The Morgan fingerprint density at radius 2 is 1.74 bits per heavy atom. The molecule has 2 N–H and O–H groups in total. The summed E-state index contributed by atoms with van der Waals surface area (Å²) in [6, 6.07) is 14.4. The van der Waals surface area contributed by atoms with Crippen LogP contribution in [0.5, 0.6) is 11.5 Å². The van der Waals surface area contributed by atoms with E-state index in [1.165, 1.54) is 25.3 Å². The van der Waals surface area contributed by atoms with Crippen LogP contribution in [0.1, 0.15) is 16.7 Å². The number of benzene rings is 3. The van der Waals surface area contributed by atoms with Crippen LogP contribution in [0.3, 0.4) is 0 Å². The summed E-state index contributed by atoms with van der Waals surface area (Å²) in [5, 5.41) is 5.01. The van der Waals surface area contributed by atoms with Crippen molar-refractivity contribution in [2.24, 2.45) is 0 Å². The van der Waals surface area contributed by atoms with Gasteiger partial charge < -0.3 is 14.8 Å². The van der Waals surface area contributed by atoms with Gasteiger partial charge in [-0.2, -0.15) is 0 Å². The Kier molecular flexibility index (Phi) is 8.51. The highest BCUT2D eigenvalue weighted by Crippen LogP contribution is 2.35. The van der Waals surface area contributed by atoms with Crippen molar-refractivity contribution in [1.29, 1.82) is 0 Å². The molecule has 4 rings (SSSR count). The summed E-state index contributed by atoms with van der Waals surface area (Å²) in [5.41, 5.74) is 2.95. The Morgan fingerprint density at radius 1 is 1.03 bits per heavy atom. The number of barbiturate groups is 1. The number of aryl methyl sites for hydroxylation is 2. The number of urea groups is 1. The van der Waals surface area contributed by atoms with Crippen molar-refractivity contribution in [3.05, 3.63) is 85.8 Å². The average molecular weight is 657 g/mol. The van der Waals surface area contributed by atoms with Crippen LogP contribution in [0, 0.1) is 13.8 Å². The maximum Gasteiger partial charge on any atom is 0.335 e. The molecule has 0 saturated carbocycles. The van der Waals surface area contributed by atoms with Crippen LogP contribution in [0.4, 0.5) is 16.2 Å². The summed E-state index contributed by atoms with van der Waals surface area (Å²) in [6.45, 7) is 3.53. The predicted molar refractivity (Wildman–Crippen MR) is 154 cm³/mol. The van der Waals surface area contributed by atoms with Crippen LogP contribution >= 0.6 is 31.9 Å². The Hall–Kier alpha value is -3.96. The molecule has 1 fully saturated rings. The summed E-state index contributed by atoms with van der Waals surface area (Å²) < 4.78 is 12.1. The van der Waals surface area contributed by atoms with E-state index in [2.05, 4.69) is 42.5 Å². The molecule has 1 heterocycles. The minimum atomic E-state index is -0.873. The molecule has 0 spiro atoms. The topological polar surface area (TPSA) is 114 Å². The lowest BCUT2D eigenvalue weighted by molar-refractivity contribution is -0.122. The van der Waals surface area contributed by atoms with E-state index in [0.717, 1.165) is 16.0 Å². The van der Waals surface area contributed by atoms with Gasteiger partial charge in [0.1, 0.15) is 17.1 Å². The summed E-state index contributed by atoms with van der Waals surface area (Å²) in [6.07, 6.45) is 1.31. The van der Waals surface area contributed by atoms with E-state index in [9.17, 15) is 19.2 Å². The van der Waals surface area contributed by atoms with Gasteiger partial charge in [-0.1, -0.05) is 33.6 Å². The molecule has 5 amide bonds. The van der Waals surface area contributed by atoms with Gasteiger partial charge in [-0.05, 0) is 83.9 Å². The van der Waals surface area contributed by atoms with E-state index >= 15 is 0 Å². The molecular formula is C28H23Br2N3O6. The molecular weight excluding hydrogens is 634 g/mol. The minimum absolute atomic E-state index is 0.231. The van der Waals surface area contributed by atoms with Crippen molar-refractivity contribution in [2.45, 2.75) is 13.8 Å². The molecule has 1 aliphatic heterocycles.